The Hall–Kier alpha value is -1.56. The Labute approximate surface area is 116 Å². The van der Waals surface area contributed by atoms with Crippen LogP contribution >= 0.6 is 11.3 Å². The van der Waals surface area contributed by atoms with Crippen molar-refractivity contribution in [2.45, 2.75) is 38.8 Å². The number of hydrogen-bond acceptors (Lipinski definition) is 3. The molecule has 19 heavy (non-hydrogen) atoms. The lowest BCUT2D eigenvalue weighted by Crippen LogP contribution is -2.40. The van der Waals surface area contributed by atoms with Crippen molar-refractivity contribution in [1.82, 2.24) is 10.6 Å². The molecule has 6 heteroatoms. The van der Waals surface area contributed by atoms with Crippen molar-refractivity contribution < 1.29 is 14.7 Å². The smallest absolute Gasteiger partial charge is 0.315 e. The van der Waals surface area contributed by atoms with Gasteiger partial charge in [0.25, 0.3) is 0 Å². The van der Waals surface area contributed by atoms with Crippen molar-refractivity contribution in [3.05, 3.63) is 21.9 Å². The zero-order valence-corrected chi connectivity index (χ0v) is 11.6. The molecule has 1 heterocycles. The normalized spacial score (nSPS) is 22.2. The van der Waals surface area contributed by atoms with E-state index in [4.69, 9.17) is 5.11 Å². The van der Waals surface area contributed by atoms with Crippen LogP contribution < -0.4 is 10.6 Å². The van der Waals surface area contributed by atoms with Crippen LogP contribution in [-0.4, -0.2) is 23.1 Å². The average Bonchev–Trinajstić information content (AvgIpc) is 2.96. The molecule has 0 unspecified atom stereocenters. The van der Waals surface area contributed by atoms with Gasteiger partial charge in [-0.1, -0.05) is 0 Å². The highest BCUT2D eigenvalue weighted by molar-refractivity contribution is 7.11. The summed E-state index contributed by atoms with van der Waals surface area (Å²) in [5.74, 6) is -1.08. The predicted octanol–water partition coefficient (Wildman–Crippen LogP) is 2.11. The Morgan fingerprint density at radius 2 is 2.21 bits per heavy atom. The lowest BCUT2D eigenvalue weighted by Gasteiger charge is -2.13. The number of rotatable bonds is 4. The molecule has 1 saturated carbocycles. The van der Waals surface area contributed by atoms with Crippen LogP contribution in [0.25, 0.3) is 0 Å². The number of carbonyl (C=O) groups excluding carboxylic acids is 1. The van der Waals surface area contributed by atoms with Gasteiger partial charge in [-0.15, -0.1) is 11.3 Å². The summed E-state index contributed by atoms with van der Waals surface area (Å²) in [5, 5.41) is 14.5. The van der Waals surface area contributed by atoms with Crippen molar-refractivity contribution in [1.29, 1.82) is 0 Å². The summed E-state index contributed by atoms with van der Waals surface area (Å²) in [4.78, 5) is 24.8. The molecule has 0 spiro atoms. The minimum Gasteiger partial charge on any atom is -0.481 e. The maximum Gasteiger partial charge on any atom is 0.315 e. The molecule has 1 aromatic rings. The van der Waals surface area contributed by atoms with E-state index in [9.17, 15) is 9.59 Å². The molecule has 0 radical (unpaired) electrons. The number of carboxylic acid groups (broad SMARTS) is 1. The minimum atomic E-state index is -0.765. The second-order valence-corrected chi connectivity index (χ2v) is 6.26. The monoisotopic (exact) mass is 282 g/mol. The number of carboxylic acids is 1. The first-order valence-electron chi connectivity index (χ1n) is 6.37. The van der Waals surface area contributed by atoms with Gasteiger partial charge in [0.15, 0.2) is 0 Å². The number of carbonyl (C=O) groups is 2. The maximum absolute atomic E-state index is 11.7. The fourth-order valence-electron chi connectivity index (χ4n) is 2.32. The third kappa shape index (κ3) is 3.96. The number of hydrogen-bond donors (Lipinski definition) is 3. The molecule has 3 N–H and O–H groups in total. The standard InChI is InChI=1S/C13H18N2O3S/c1-8-2-5-11(19-8)7-14-13(18)15-10-4-3-9(6-10)12(16)17/h2,5,9-10H,3-4,6-7H2,1H3,(H,16,17)(H2,14,15,18)/t9-,10+/m1/s1. The van der Waals surface area contributed by atoms with Gasteiger partial charge < -0.3 is 15.7 Å². The molecule has 1 aliphatic rings. The van der Waals surface area contributed by atoms with Crippen molar-refractivity contribution in [2.24, 2.45) is 5.92 Å². The van der Waals surface area contributed by atoms with E-state index in [1.54, 1.807) is 11.3 Å². The van der Waals surface area contributed by atoms with Gasteiger partial charge in [0, 0.05) is 15.8 Å². The molecule has 1 fully saturated rings. The van der Waals surface area contributed by atoms with Gasteiger partial charge in [-0.25, -0.2) is 4.79 Å². The van der Waals surface area contributed by atoms with Crippen LogP contribution in [0.5, 0.6) is 0 Å². The largest absolute Gasteiger partial charge is 0.481 e. The van der Waals surface area contributed by atoms with Crippen LogP contribution in [0.4, 0.5) is 4.79 Å². The van der Waals surface area contributed by atoms with E-state index < -0.39 is 5.97 Å². The van der Waals surface area contributed by atoms with Crippen LogP contribution in [0.1, 0.15) is 29.0 Å². The Bertz CT molecular complexity index is 472. The number of urea groups is 1. The van der Waals surface area contributed by atoms with Crippen LogP contribution in [0.15, 0.2) is 12.1 Å². The highest BCUT2D eigenvalue weighted by atomic mass is 32.1. The summed E-state index contributed by atoms with van der Waals surface area (Å²) in [6, 6.07) is 3.78. The molecule has 5 nitrogen and oxygen atoms in total. The third-order valence-electron chi connectivity index (χ3n) is 3.34. The molecule has 2 amide bonds. The van der Waals surface area contributed by atoms with Crippen LogP contribution in [0.2, 0.25) is 0 Å². The van der Waals surface area contributed by atoms with Crippen LogP contribution in [0.3, 0.4) is 0 Å². The lowest BCUT2D eigenvalue weighted by molar-refractivity contribution is -0.141. The molecule has 2 atom stereocenters. The second-order valence-electron chi connectivity index (χ2n) is 4.88. The highest BCUT2D eigenvalue weighted by Gasteiger charge is 2.30. The summed E-state index contributed by atoms with van der Waals surface area (Å²) in [7, 11) is 0. The third-order valence-corrected chi connectivity index (χ3v) is 4.34. The molecule has 2 rings (SSSR count). The van der Waals surface area contributed by atoms with Gasteiger partial charge in [0.1, 0.15) is 0 Å². The van der Waals surface area contributed by atoms with Gasteiger partial charge in [0.05, 0.1) is 12.5 Å². The summed E-state index contributed by atoms with van der Waals surface area (Å²) in [6.45, 7) is 2.54. The summed E-state index contributed by atoms with van der Waals surface area (Å²) in [5.41, 5.74) is 0. The molecule has 0 bridgehead atoms. The van der Waals surface area contributed by atoms with Crippen molar-refractivity contribution in [3.8, 4) is 0 Å². The van der Waals surface area contributed by atoms with E-state index in [1.165, 1.54) is 4.88 Å². The van der Waals surface area contributed by atoms with Gasteiger partial charge in [-0.05, 0) is 38.3 Å². The molecular weight excluding hydrogens is 264 g/mol. The molecule has 0 aromatic carbocycles. The molecular formula is C13H18N2O3S. The Kier molecular flexibility index (Phi) is 4.42. The Morgan fingerprint density at radius 3 is 2.79 bits per heavy atom. The maximum atomic E-state index is 11.7. The van der Waals surface area contributed by atoms with E-state index in [1.807, 2.05) is 19.1 Å². The SMILES string of the molecule is Cc1ccc(CNC(=O)N[C@H]2CC[C@@H](C(=O)O)C2)s1. The molecule has 1 aliphatic carbocycles. The van der Waals surface area contributed by atoms with E-state index in [0.717, 1.165) is 11.3 Å². The Morgan fingerprint density at radius 1 is 1.42 bits per heavy atom. The number of amides is 2. The molecule has 0 saturated heterocycles. The molecule has 104 valence electrons. The zero-order valence-electron chi connectivity index (χ0n) is 10.8. The highest BCUT2D eigenvalue weighted by Crippen LogP contribution is 2.25. The summed E-state index contributed by atoms with van der Waals surface area (Å²) in [6.07, 6.45) is 1.91. The average molecular weight is 282 g/mol. The van der Waals surface area contributed by atoms with E-state index in [2.05, 4.69) is 10.6 Å². The molecule has 0 aliphatic heterocycles. The van der Waals surface area contributed by atoms with Crippen molar-refractivity contribution in [3.63, 3.8) is 0 Å². The predicted molar refractivity (Wildman–Crippen MR) is 73.2 cm³/mol. The number of nitrogens with one attached hydrogen (secondary N) is 2. The summed E-state index contributed by atoms with van der Waals surface area (Å²) >= 11 is 1.66. The van der Waals surface area contributed by atoms with Gasteiger partial charge >= 0.3 is 12.0 Å². The first-order chi connectivity index (χ1) is 9.04. The number of aliphatic carboxylic acids is 1. The first kappa shape index (κ1) is 13.9. The van der Waals surface area contributed by atoms with Gasteiger partial charge in [0.2, 0.25) is 0 Å². The van der Waals surface area contributed by atoms with E-state index in [-0.39, 0.29) is 18.0 Å². The van der Waals surface area contributed by atoms with Crippen LogP contribution in [-0.2, 0) is 11.3 Å². The van der Waals surface area contributed by atoms with Gasteiger partial charge in [-0.2, -0.15) is 0 Å². The van der Waals surface area contributed by atoms with E-state index in [0.29, 0.717) is 19.4 Å². The number of aryl methyl sites for hydroxylation is 1. The molecule has 1 aromatic heterocycles. The van der Waals surface area contributed by atoms with Crippen molar-refractivity contribution >= 4 is 23.3 Å². The van der Waals surface area contributed by atoms with E-state index >= 15 is 0 Å². The zero-order chi connectivity index (χ0) is 13.8. The second kappa shape index (κ2) is 6.06. The first-order valence-corrected chi connectivity index (χ1v) is 7.18. The minimum absolute atomic E-state index is 0.0221. The van der Waals surface area contributed by atoms with Crippen molar-refractivity contribution in [2.75, 3.05) is 0 Å². The fraction of sp³-hybridized carbons (Fsp3) is 0.538. The van der Waals surface area contributed by atoms with Crippen LogP contribution in [0, 0.1) is 12.8 Å². The fourth-order valence-corrected chi connectivity index (χ4v) is 3.15. The summed E-state index contributed by atoms with van der Waals surface area (Å²) < 4.78 is 0. The lowest BCUT2D eigenvalue weighted by atomic mass is 10.1. The quantitative estimate of drug-likeness (QED) is 0.791. The topological polar surface area (TPSA) is 78.4 Å². The Balaban J connectivity index is 1.72. The number of thiophene rings is 1. The van der Waals surface area contributed by atoms with Gasteiger partial charge in [-0.3, -0.25) is 4.79 Å².